The van der Waals surface area contributed by atoms with Crippen molar-refractivity contribution in [1.82, 2.24) is 0 Å². The second-order valence-corrected chi connectivity index (χ2v) is 4.74. The maximum atomic E-state index is 5.63. The highest BCUT2D eigenvalue weighted by Gasteiger charge is 2.39. The summed E-state index contributed by atoms with van der Waals surface area (Å²) in [4.78, 5) is 0. The Morgan fingerprint density at radius 3 is 2.71 bits per heavy atom. The highest BCUT2D eigenvalue weighted by molar-refractivity contribution is 9.10. The molecule has 3 heteroatoms. The first-order valence-corrected chi connectivity index (χ1v) is 5.60. The Kier molecular flexibility index (Phi) is 2.91. The van der Waals surface area contributed by atoms with Crippen LogP contribution in [0.5, 0.6) is 0 Å². The summed E-state index contributed by atoms with van der Waals surface area (Å²) in [6.45, 7) is 2.33. The minimum atomic E-state index is 0.179. The molecular weight excluding hydrogens is 242 g/mol. The summed E-state index contributed by atoms with van der Waals surface area (Å²) < 4.78 is 6.44. The lowest BCUT2D eigenvalue weighted by Gasteiger charge is -2.42. The Hall–Kier alpha value is -0.380. The van der Waals surface area contributed by atoms with Crippen LogP contribution in [0.15, 0.2) is 28.7 Å². The maximum absolute atomic E-state index is 5.63. The van der Waals surface area contributed by atoms with Gasteiger partial charge in [-0.1, -0.05) is 28.1 Å². The molecule has 0 unspecified atom stereocenters. The van der Waals surface area contributed by atoms with Crippen LogP contribution >= 0.6 is 15.9 Å². The van der Waals surface area contributed by atoms with Crippen LogP contribution in [0.3, 0.4) is 0 Å². The van der Waals surface area contributed by atoms with Crippen molar-refractivity contribution in [2.24, 2.45) is 5.73 Å². The van der Waals surface area contributed by atoms with Crippen molar-refractivity contribution in [3.8, 4) is 0 Å². The van der Waals surface area contributed by atoms with Gasteiger partial charge in [0.15, 0.2) is 0 Å². The van der Waals surface area contributed by atoms with Gasteiger partial charge in [0.05, 0.1) is 13.2 Å². The zero-order valence-corrected chi connectivity index (χ0v) is 9.59. The molecule has 1 saturated heterocycles. The van der Waals surface area contributed by atoms with Crippen LogP contribution in [0.2, 0.25) is 0 Å². The molecule has 1 aromatic carbocycles. The molecule has 76 valence electrons. The van der Waals surface area contributed by atoms with Crippen molar-refractivity contribution < 1.29 is 4.74 Å². The first-order valence-electron chi connectivity index (χ1n) is 4.81. The van der Waals surface area contributed by atoms with Crippen LogP contribution < -0.4 is 5.73 Å². The lowest BCUT2D eigenvalue weighted by molar-refractivity contribution is -0.0631. The molecule has 0 aromatic heterocycles. The van der Waals surface area contributed by atoms with Gasteiger partial charge in [-0.3, -0.25) is 0 Å². The van der Waals surface area contributed by atoms with Crippen LogP contribution in [0, 0.1) is 0 Å². The van der Waals surface area contributed by atoms with E-state index >= 15 is 0 Å². The fourth-order valence-corrected chi connectivity index (χ4v) is 2.30. The molecule has 0 aliphatic carbocycles. The summed E-state index contributed by atoms with van der Waals surface area (Å²) in [5, 5.41) is 0. The highest BCUT2D eigenvalue weighted by atomic mass is 79.9. The maximum Gasteiger partial charge on any atom is 0.0586 e. The number of benzene rings is 1. The number of rotatable bonds is 3. The van der Waals surface area contributed by atoms with Gasteiger partial charge in [-0.25, -0.2) is 0 Å². The highest BCUT2D eigenvalue weighted by Crippen LogP contribution is 2.36. The van der Waals surface area contributed by atoms with Crippen LogP contribution in [0.25, 0.3) is 0 Å². The zero-order chi connectivity index (χ0) is 10.0. The molecule has 1 aromatic rings. The van der Waals surface area contributed by atoms with Gasteiger partial charge in [0, 0.05) is 9.89 Å². The predicted octanol–water partition coefficient (Wildman–Crippen LogP) is 2.07. The second kappa shape index (κ2) is 4.01. The predicted molar refractivity (Wildman–Crippen MR) is 60.3 cm³/mol. The summed E-state index contributed by atoms with van der Waals surface area (Å²) in [5.74, 6) is 0. The summed E-state index contributed by atoms with van der Waals surface area (Å²) in [6, 6.07) is 8.43. The van der Waals surface area contributed by atoms with Crippen molar-refractivity contribution in [3.05, 3.63) is 34.3 Å². The zero-order valence-electron chi connectivity index (χ0n) is 8.00. The van der Waals surface area contributed by atoms with Crippen molar-refractivity contribution in [3.63, 3.8) is 0 Å². The molecule has 0 bridgehead atoms. The third-order valence-corrected chi connectivity index (χ3v) is 3.31. The Morgan fingerprint density at radius 1 is 1.43 bits per heavy atom. The molecule has 0 atom stereocenters. The van der Waals surface area contributed by atoms with E-state index in [4.69, 9.17) is 10.5 Å². The Labute approximate surface area is 92.6 Å². The lowest BCUT2D eigenvalue weighted by Crippen LogP contribution is -2.48. The molecule has 0 amide bonds. The van der Waals surface area contributed by atoms with E-state index in [-0.39, 0.29) is 5.41 Å². The quantitative estimate of drug-likeness (QED) is 0.898. The first-order chi connectivity index (χ1) is 6.77. The topological polar surface area (TPSA) is 35.2 Å². The van der Waals surface area contributed by atoms with Gasteiger partial charge in [-0.15, -0.1) is 0 Å². The van der Waals surface area contributed by atoms with Crippen molar-refractivity contribution in [2.75, 3.05) is 19.8 Å². The van der Waals surface area contributed by atoms with E-state index in [0.717, 1.165) is 30.7 Å². The molecule has 2 rings (SSSR count). The average molecular weight is 256 g/mol. The average Bonchev–Trinajstić information content (AvgIpc) is 2.11. The molecule has 2 nitrogen and oxygen atoms in total. The van der Waals surface area contributed by atoms with E-state index in [1.807, 2.05) is 6.07 Å². The second-order valence-electron chi connectivity index (χ2n) is 3.82. The van der Waals surface area contributed by atoms with E-state index in [9.17, 15) is 0 Å². The normalized spacial score (nSPS) is 19.0. The van der Waals surface area contributed by atoms with E-state index < -0.39 is 0 Å². The number of halogens is 1. The number of ether oxygens (including phenoxy) is 1. The van der Waals surface area contributed by atoms with Gasteiger partial charge in [0.2, 0.25) is 0 Å². The van der Waals surface area contributed by atoms with Crippen LogP contribution in [-0.2, 0) is 10.2 Å². The molecule has 2 N–H and O–H groups in total. The molecule has 1 aliphatic heterocycles. The van der Waals surface area contributed by atoms with Gasteiger partial charge < -0.3 is 10.5 Å². The van der Waals surface area contributed by atoms with Gasteiger partial charge in [-0.05, 0) is 30.7 Å². The van der Waals surface area contributed by atoms with Gasteiger partial charge >= 0.3 is 0 Å². The number of nitrogens with two attached hydrogens (primary N) is 1. The third-order valence-electron chi connectivity index (χ3n) is 2.82. The van der Waals surface area contributed by atoms with Crippen molar-refractivity contribution in [1.29, 1.82) is 0 Å². The molecule has 14 heavy (non-hydrogen) atoms. The van der Waals surface area contributed by atoms with E-state index in [0.29, 0.717) is 0 Å². The standard InChI is InChI=1S/C11H14BrNO/c12-10-3-1-2-9(6-10)11(4-5-13)7-14-8-11/h1-3,6H,4-5,7-8,13H2. The Balaban J connectivity index is 2.27. The molecular formula is C11H14BrNO. The lowest BCUT2D eigenvalue weighted by atomic mass is 9.76. The Bertz CT molecular complexity index is 323. The summed E-state index contributed by atoms with van der Waals surface area (Å²) in [6.07, 6.45) is 1.00. The molecule has 0 spiro atoms. The molecule has 1 heterocycles. The van der Waals surface area contributed by atoms with Crippen LogP contribution in [0.1, 0.15) is 12.0 Å². The van der Waals surface area contributed by atoms with E-state index in [1.165, 1.54) is 5.56 Å². The molecule has 1 fully saturated rings. The number of hydrogen-bond acceptors (Lipinski definition) is 2. The van der Waals surface area contributed by atoms with Crippen molar-refractivity contribution >= 4 is 15.9 Å². The largest absolute Gasteiger partial charge is 0.379 e. The van der Waals surface area contributed by atoms with Crippen LogP contribution in [-0.4, -0.2) is 19.8 Å². The SMILES string of the molecule is NCCC1(c2cccc(Br)c2)COC1. The number of hydrogen-bond donors (Lipinski definition) is 1. The van der Waals surface area contributed by atoms with Crippen LogP contribution in [0.4, 0.5) is 0 Å². The van der Waals surface area contributed by atoms with Crippen molar-refractivity contribution in [2.45, 2.75) is 11.8 Å². The molecule has 0 radical (unpaired) electrons. The fraction of sp³-hybridized carbons (Fsp3) is 0.455. The monoisotopic (exact) mass is 255 g/mol. The fourth-order valence-electron chi connectivity index (χ4n) is 1.90. The molecule has 0 saturated carbocycles. The summed E-state index contributed by atoms with van der Waals surface area (Å²) >= 11 is 3.49. The summed E-state index contributed by atoms with van der Waals surface area (Å²) in [5.41, 5.74) is 7.15. The smallest absolute Gasteiger partial charge is 0.0586 e. The van der Waals surface area contributed by atoms with E-state index in [2.05, 4.69) is 34.1 Å². The first kappa shape index (κ1) is 10.1. The van der Waals surface area contributed by atoms with Gasteiger partial charge in [-0.2, -0.15) is 0 Å². The van der Waals surface area contributed by atoms with Gasteiger partial charge in [0.1, 0.15) is 0 Å². The Morgan fingerprint density at radius 2 is 2.21 bits per heavy atom. The third kappa shape index (κ3) is 1.72. The van der Waals surface area contributed by atoms with E-state index in [1.54, 1.807) is 0 Å². The molecule has 1 aliphatic rings. The minimum Gasteiger partial charge on any atom is -0.379 e. The summed E-state index contributed by atoms with van der Waals surface area (Å²) in [7, 11) is 0. The van der Waals surface area contributed by atoms with Gasteiger partial charge in [0.25, 0.3) is 0 Å². The minimum absolute atomic E-state index is 0.179.